The van der Waals surface area contributed by atoms with Gasteiger partial charge in [0, 0.05) is 30.9 Å². The molecule has 0 heterocycles. The summed E-state index contributed by atoms with van der Waals surface area (Å²) in [5.74, 6) is -0.640. The number of carbonyl (C=O) groups excluding carboxylic acids is 1. The van der Waals surface area contributed by atoms with Gasteiger partial charge in [-0.3, -0.25) is 4.79 Å². The van der Waals surface area contributed by atoms with Gasteiger partial charge in [-0.15, -0.1) is 0 Å². The molecule has 0 aliphatic heterocycles. The van der Waals surface area contributed by atoms with Crippen molar-refractivity contribution in [1.29, 1.82) is 0 Å². The molecule has 1 aromatic carbocycles. The Bertz CT molecular complexity index is 589. The van der Waals surface area contributed by atoms with Crippen molar-refractivity contribution in [3.63, 3.8) is 0 Å². The first kappa shape index (κ1) is 15.7. The van der Waals surface area contributed by atoms with Crippen molar-refractivity contribution < 1.29 is 13.2 Å². The number of Topliss-reactive ketones (excluding diaryl/α,β-unsaturated/α-hetero) is 1. The molecule has 0 atom stereocenters. The Morgan fingerprint density at radius 1 is 1.26 bits per heavy atom. The summed E-state index contributed by atoms with van der Waals surface area (Å²) in [5.41, 5.74) is 0.300. The van der Waals surface area contributed by atoms with Crippen molar-refractivity contribution in [2.75, 3.05) is 19.8 Å². The van der Waals surface area contributed by atoms with Crippen molar-refractivity contribution in [3.8, 4) is 0 Å². The number of benzene rings is 1. The van der Waals surface area contributed by atoms with Gasteiger partial charge in [0.1, 0.15) is 4.91 Å². The Morgan fingerprint density at radius 2 is 1.79 bits per heavy atom. The summed E-state index contributed by atoms with van der Waals surface area (Å²) in [6.45, 7) is 1.51. The van der Waals surface area contributed by atoms with Crippen LogP contribution in [-0.2, 0) is 9.84 Å². The van der Waals surface area contributed by atoms with Crippen LogP contribution in [0.3, 0.4) is 0 Å². The van der Waals surface area contributed by atoms with Crippen LogP contribution in [0.1, 0.15) is 17.3 Å². The topological polar surface area (TPSA) is 54.5 Å². The van der Waals surface area contributed by atoms with E-state index < -0.39 is 15.6 Å². The Morgan fingerprint density at radius 3 is 2.21 bits per heavy atom. The summed E-state index contributed by atoms with van der Waals surface area (Å²) in [6.07, 6.45) is 1.33. The van der Waals surface area contributed by atoms with E-state index in [9.17, 15) is 13.2 Å². The van der Waals surface area contributed by atoms with E-state index in [1.807, 2.05) is 0 Å². The lowest BCUT2D eigenvalue weighted by atomic mass is 10.1. The largest absolute Gasteiger partial charge is 0.382 e. The molecule has 0 spiro atoms. The maximum atomic E-state index is 12.3. The van der Waals surface area contributed by atoms with Crippen LogP contribution in [0.2, 0.25) is 5.02 Å². The van der Waals surface area contributed by atoms with Crippen LogP contribution < -0.4 is 0 Å². The van der Waals surface area contributed by atoms with Gasteiger partial charge in [0.25, 0.3) is 0 Å². The number of ketones is 1. The second kappa shape index (κ2) is 6.21. The maximum absolute atomic E-state index is 12.3. The minimum Gasteiger partial charge on any atom is -0.382 e. The summed E-state index contributed by atoms with van der Waals surface area (Å²) in [5, 5.41) is 0.494. The fourth-order valence-electron chi connectivity index (χ4n) is 1.41. The SMILES string of the molecule is CCS(=O)(=O)C(=CN(C)C)C(=O)c1ccc(Cl)cc1. The second-order valence-corrected chi connectivity index (χ2v) is 6.88. The van der Waals surface area contributed by atoms with Gasteiger partial charge in [0.2, 0.25) is 5.78 Å². The van der Waals surface area contributed by atoms with Crippen molar-refractivity contribution in [2.45, 2.75) is 6.92 Å². The molecule has 0 aliphatic rings. The number of sulfone groups is 1. The maximum Gasteiger partial charge on any atom is 0.205 e. The van der Waals surface area contributed by atoms with Gasteiger partial charge < -0.3 is 4.90 Å². The van der Waals surface area contributed by atoms with Gasteiger partial charge in [-0.1, -0.05) is 18.5 Å². The molecule has 0 saturated heterocycles. The normalized spacial score (nSPS) is 12.3. The van der Waals surface area contributed by atoms with E-state index in [2.05, 4.69) is 0 Å². The van der Waals surface area contributed by atoms with Gasteiger partial charge in [-0.2, -0.15) is 0 Å². The zero-order chi connectivity index (χ0) is 14.6. The van der Waals surface area contributed by atoms with E-state index in [0.717, 1.165) is 0 Å². The molecule has 0 bridgehead atoms. The van der Waals surface area contributed by atoms with Crippen LogP contribution in [0.15, 0.2) is 35.4 Å². The van der Waals surface area contributed by atoms with E-state index >= 15 is 0 Å². The Hall–Kier alpha value is -1.33. The minimum atomic E-state index is -3.58. The highest BCUT2D eigenvalue weighted by molar-refractivity contribution is 7.96. The lowest BCUT2D eigenvalue weighted by Gasteiger charge is -2.11. The summed E-state index contributed by atoms with van der Waals surface area (Å²) in [7, 11) is -0.242. The van der Waals surface area contributed by atoms with Crippen molar-refractivity contribution in [3.05, 3.63) is 46.0 Å². The summed E-state index contributed by atoms with van der Waals surface area (Å²) >= 11 is 5.75. The first-order valence-corrected chi connectivity index (χ1v) is 7.72. The molecule has 0 amide bonds. The first-order chi connectivity index (χ1) is 8.77. The third-order valence-electron chi connectivity index (χ3n) is 2.42. The van der Waals surface area contributed by atoms with Crippen LogP contribution in [0, 0.1) is 0 Å². The predicted octanol–water partition coefficient (Wildman–Crippen LogP) is 2.36. The summed E-state index contributed by atoms with van der Waals surface area (Å²) in [6, 6.07) is 6.14. The molecule has 6 heteroatoms. The van der Waals surface area contributed by atoms with Crippen molar-refractivity contribution >= 4 is 27.2 Å². The van der Waals surface area contributed by atoms with Crippen LogP contribution in [0.5, 0.6) is 0 Å². The first-order valence-electron chi connectivity index (χ1n) is 5.69. The number of halogens is 1. The quantitative estimate of drug-likeness (QED) is 0.619. The molecule has 0 saturated carbocycles. The fourth-order valence-corrected chi connectivity index (χ4v) is 2.62. The molecule has 4 nitrogen and oxygen atoms in total. The molecular formula is C13H16ClNO3S. The van der Waals surface area contributed by atoms with Crippen LogP contribution in [0.25, 0.3) is 0 Å². The molecule has 0 fully saturated rings. The van der Waals surface area contributed by atoms with Gasteiger partial charge in [0.05, 0.1) is 5.75 Å². The molecule has 1 aromatic rings. The number of hydrogen-bond acceptors (Lipinski definition) is 4. The predicted molar refractivity (Wildman–Crippen MR) is 77.0 cm³/mol. The van der Waals surface area contributed by atoms with Gasteiger partial charge in [-0.25, -0.2) is 8.42 Å². The number of rotatable bonds is 5. The molecule has 0 aromatic heterocycles. The van der Waals surface area contributed by atoms with E-state index in [1.165, 1.54) is 30.2 Å². The van der Waals surface area contributed by atoms with E-state index in [-0.39, 0.29) is 10.7 Å². The van der Waals surface area contributed by atoms with Gasteiger partial charge in [-0.05, 0) is 24.3 Å². The average molecular weight is 302 g/mol. The van der Waals surface area contributed by atoms with Crippen LogP contribution >= 0.6 is 11.6 Å². The van der Waals surface area contributed by atoms with Gasteiger partial charge in [0.15, 0.2) is 9.84 Å². The number of hydrogen-bond donors (Lipinski definition) is 0. The highest BCUT2D eigenvalue weighted by Gasteiger charge is 2.24. The van der Waals surface area contributed by atoms with E-state index in [1.54, 1.807) is 26.2 Å². The third-order valence-corrected chi connectivity index (χ3v) is 4.39. The lowest BCUT2D eigenvalue weighted by molar-refractivity contribution is 0.104. The standard InChI is InChI=1S/C13H16ClNO3S/c1-4-19(17,18)12(9-15(2)3)13(16)10-5-7-11(14)8-6-10/h5-9H,4H2,1-3H3. The Balaban J connectivity index is 3.27. The molecule has 0 aliphatic carbocycles. The van der Waals surface area contributed by atoms with Crippen LogP contribution in [-0.4, -0.2) is 38.9 Å². The molecule has 104 valence electrons. The molecule has 0 radical (unpaired) electrons. The smallest absolute Gasteiger partial charge is 0.205 e. The third kappa shape index (κ3) is 4.08. The van der Waals surface area contributed by atoms with E-state index in [0.29, 0.717) is 10.6 Å². The number of nitrogens with zero attached hydrogens (tertiary/aromatic N) is 1. The number of allylic oxidation sites excluding steroid dienone is 1. The lowest BCUT2D eigenvalue weighted by Crippen LogP contribution is -2.19. The average Bonchev–Trinajstić information content (AvgIpc) is 2.35. The molecular weight excluding hydrogens is 286 g/mol. The highest BCUT2D eigenvalue weighted by atomic mass is 35.5. The molecule has 19 heavy (non-hydrogen) atoms. The zero-order valence-corrected chi connectivity index (χ0v) is 12.6. The van der Waals surface area contributed by atoms with Crippen LogP contribution in [0.4, 0.5) is 0 Å². The molecule has 0 N–H and O–H groups in total. The van der Waals surface area contributed by atoms with Crippen molar-refractivity contribution in [1.82, 2.24) is 4.90 Å². The zero-order valence-electron chi connectivity index (χ0n) is 11.1. The summed E-state index contributed by atoms with van der Waals surface area (Å²) in [4.78, 5) is 13.6. The highest BCUT2D eigenvalue weighted by Crippen LogP contribution is 2.18. The molecule has 1 rings (SSSR count). The molecule has 0 unspecified atom stereocenters. The second-order valence-electron chi connectivity index (χ2n) is 4.20. The Kier molecular flexibility index (Phi) is 5.14. The van der Waals surface area contributed by atoms with Gasteiger partial charge >= 0.3 is 0 Å². The van der Waals surface area contributed by atoms with E-state index in [4.69, 9.17) is 11.6 Å². The van der Waals surface area contributed by atoms with Crippen molar-refractivity contribution in [2.24, 2.45) is 0 Å². The Labute approximate surface area is 118 Å². The number of carbonyl (C=O) groups is 1. The minimum absolute atomic E-state index is 0.119. The fraction of sp³-hybridized carbons (Fsp3) is 0.308. The summed E-state index contributed by atoms with van der Waals surface area (Å²) < 4.78 is 23.9. The monoisotopic (exact) mass is 301 g/mol.